The summed E-state index contributed by atoms with van der Waals surface area (Å²) in [5.74, 6) is 0. The summed E-state index contributed by atoms with van der Waals surface area (Å²) < 4.78 is 3.24. The van der Waals surface area contributed by atoms with Gasteiger partial charge in [0.05, 0.1) is 5.52 Å². The van der Waals surface area contributed by atoms with Crippen LogP contribution in [0.3, 0.4) is 0 Å². The summed E-state index contributed by atoms with van der Waals surface area (Å²) in [6.45, 7) is 8.85. The Morgan fingerprint density at radius 2 is 1.94 bits per heavy atom. The molecule has 1 aromatic carbocycles. The van der Waals surface area contributed by atoms with Crippen molar-refractivity contribution in [2.45, 2.75) is 26.8 Å². The van der Waals surface area contributed by atoms with Crippen molar-refractivity contribution in [2.24, 2.45) is 0 Å². The molecule has 1 aromatic heterocycles. The third kappa shape index (κ3) is 3.03. The summed E-state index contributed by atoms with van der Waals surface area (Å²) in [5, 5.41) is 5.89. The highest BCUT2D eigenvalue weighted by Crippen LogP contribution is 2.19. The molecule has 3 nitrogen and oxygen atoms in total. The lowest BCUT2D eigenvalue weighted by atomic mass is 10.2. The molecule has 98 valence electrons. The predicted molar refractivity (Wildman–Crippen MR) is 84.9 cm³/mol. The van der Waals surface area contributed by atoms with Crippen LogP contribution in [0.5, 0.6) is 0 Å². The van der Waals surface area contributed by atoms with Crippen molar-refractivity contribution >= 4 is 33.5 Å². The van der Waals surface area contributed by atoms with E-state index in [9.17, 15) is 0 Å². The first kappa shape index (κ1) is 13.8. The van der Waals surface area contributed by atoms with Crippen LogP contribution >= 0.6 is 22.6 Å². The second kappa shape index (κ2) is 6.52. The number of hydrogen-bond acceptors (Lipinski definition) is 2. The summed E-state index contributed by atoms with van der Waals surface area (Å²) in [7, 11) is 0. The van der Waals surface area contributed by atoms with Crippen molar-refractivity contribution in [1.82, 2.24) is 14.7 Å². The van der Waals surface area contributed by atoms with Gasteiger partial charge in [-0.1, -0.05) is 32.0 Å². The molecular weight excluding hydrogens is 337 g/mol. The number of hydrogen-bond donors (Lipinski definition) is 0. The second-order valence-electron chi connectivity index (χ2n) is 4.41. The van der Waals surface area contributed by atoms with Gasteiger partial charge in [0.25, 0.3) is 0 Å². The van der Waals surface area contributed by atoms with Crippen molar-refractivity contribution in [3.8, 4) is 0 Å². The van der Waals surface area contributed by atoms with Crippen molar-refractivity contribution < 1.29 is 0 Å². The van der Waals surface area contributed by atoms with Crippen LogP contribution in [-0.2, 0) is 6.54 Å². The first-order valence-electron chi connectivity index (χ1n) is 6.59. The summed E-state index contributed by atoms with van der Waals surface area (Å²) in [6.07, 6.45) is 1.16. The zero-order valence-electron chi connectivity index (χ0n) is 11.1. The Morgan fingerprint density at radius 1 is 1.22 bits per heavy atom. The molecule has 0 radical (unpaired) electrons. The molecule has 0 unspecified atom stereocenters. The van der Waals surface area contributed by atoms with E-state index in [-0.39, 0.29) is 0 Å². The SMILES string of the molecule is CCN(CC)CCCn1nc(I)c2ccccc21. The number of rotatable bonds is 6. The number of benzene rings is 1. The van der Waals surface area contributed by atoms with Crippen LogP contribution in [0, 0.1) is 3.70 Å². The van der Waals surface area contributed by atoms with Gasteiger partial charge in [0.1, 0.15) is 3.70 Å². The van der Waals surface area contributed by atoms with Crippen molar-refractivity contribution in [3.05, 3.63) is 28.0 Å². The Hall–Kier alpha value is -0.620. The molecule has 0 N–H and O–H groups in total. The fourth-order valence-corrected chi connectivity index (χ4v) is 2.96. The topological polar surface area (TPSA) is 21.1 Å². The van der Waals surface area contributed by atoms with Crippen LogP contribution in [0.1, 0.15) is 20.3 Å². The maximum absolute atomic E-state index is 4.62. The van der Waals surface area contributed by atoms with E-state index in [1.165, 1.54) is 10.9 Å². The lowest BCUT2D eigenvalue weighted by molar-refractivity contribution is 0.291. The largest absolute Gasteiger partial charge is 0.304 e. The third-order valence-electron chi connectivity index (χ3n) is 3.35. The van der Waals surface area contributed by atoms with Crippen LogP contribution in [0.4, 0.5) is 0 Å². The Bertz CT molecular complexity index is 503. The molecule has 4 heteroatoms. The highest BCUT2D eigenvalue weighted by atomic mass is 127. The average molecular weight is 357 g/mol. The Morgan fingerprint density at radius 3 is 2.67 bits per heavy atom. The molecule has 2 rings (SSSR count). The zero-order valence-corrected chi connectivity index (χ0v) is 13.2. The maximum Gasteiger partial charge on any atom is 0.131 e. The minimum Gasteiger partial charge on any atom is -0.304 e. The Balaban J connectivity index is 2.04. The normalized spacial score (nSPS) is 11.6. The minimum absolute atomic E-state index is 1.00. The van der Waals surface area contributed by atoms with E-state index in [2.05, 4.69) is 75.4 Å². The van der Waals surface area contributed by atoms with Gasteiger partial charge >= 0.3 is 0 Å². The van der Waals surface area contributed by atoms with Crippen LogP contribution in [0.2, 0.25) is 0 Å². The van der Waals surface area contributed by atoms with E-state index in [0.29, 0.717) is 0 Å². The van der Waals surface area contributed by atoms with Gasteiger partial charge in [-0.25, -0.2) is 0 Å². The molecule has 1 heterocycles. The van der Waals surface area contributed by atoms with Crippen LogP contribution in [0.25, 0.3) is 10.9 Å². The highest BCUT2D eigenvalue weighted by Gasteiger charge is 2.07. The molecule has 18 heavy (non-hydrogen) atoms. The van der Waals surface area contributed by atoms with E-state index in [1.54, 1.807) is 0 Å². The van der Waals surface area contributed by atoms with Crippen LogP contribution < -0.4 is 0 Å². The Labute approximate surface area is 122 Å². The number of aromatic nitrogens is 2. The van der Waals surface area contributed by atoms with E-state index >= 15 is 0 Å². The molecule has 0 atom stereocenters. The van der Waals surface area contributed by atoms with Gasteiger partial charge in [-0.05, 0) is 54.7 Å². The molecule has 0 aliphatic carbocycles. The number of fused-ring (bicyclic) bond motifs is 1. The minimum atomic E-state index is 1.00. The van der Waals surface area contributed by atoms with Gasteiger partial charge in [-0.2, -0.15) is 5.10 Å². The van der Waals surface area contributed by atoms with E-state index in [1.807, 2.05) is 0 Å². The molecule has 0 saturated heterocycles. The monoisotopic (exact) mass is 357 g/mol. The van der Waals surface area contributed by atoms with Crippen LogP contribution in [-0.4, -0.2) is 34.3 Å². The zero-order chi connectivity index (χ0) is 13.0. The highest BCUT2D eigenvalue weighted by molar-refractivity contribution is 14.1. The summed E-state index contributed by atoms with van der Waals surface area (Å²) >= 11 is 2.32. The summed E-state index contributed by atoms with van der Waals surface area (Å²) in [6, 6.07) is 8.46. The van der Waals surface area contributed by atoms with Crippen molar-refractivity contribution in [2.75, 3.05) is 19.6 Å². The van der Waals surface area contributed by atoms with Gasteiger partial charge in [-0.3, -0.25) is 4.68 Å². The molecule has 0 amide bonds. The summed E-state index contributed by atoms with van der Waals surface area (Å²) in [4.78, 5) is 2.46. The number of para-hydroxylation sites is 1. The van der Waals surface area contributed by atoms with Crippen molar-refractivity contribution in [1.29, 1.82) is 0 Å². The lowest BCUT2D eigenvalue weighted by Gasteiger charge is -2.17. The molecule has 0 saturated carbocycles. The number of halogens is 1. The van der Waals surface area contributed by atoms with E-state index < -0.39 is 0 Å². The molecule has 2 aromatic rings. The number of nitrogens with zero attached hydrogens (tertiary/aromatic N) is 3. The summed E-state index contributed by atoms with van der Waals surface area (Å²) in [5.41, 5.74) is 1.25. The molecule has 0 spiro atoms. The van der Waals surface area contributed by atoms with Gasteiger partial charge < -0.3 is 4.90 Å². The van der Waals surface area contributed by atoms with Gasteiger partial charge in [-0.15, -0.1) is 0 Å². The van der Waals surface area contributed by atoms with Gasteiger partial charge in [0.2, 0.25) is 0 Å². The Kier molecular flexibility index (Phi) is 5.00. The molecule has 0 fully saturated rings. The first-order chi connectivity index (χ1) is 8.76. The second-order valence-corrected chi connectivity index (χ2v) is 5.43. The standard InChI is InChI=1S/C14H20IN3/c1-3-17(4-2)10-7-11-18-13-9-6-5-8-12(13)14(15)16-18/h5-6,8-9H,3-4,7,10-11H2,1-2H3. The van der Waals surface area contributed by atoms with Crippen molar-refractivity contribution in [3.63, 3.8) is 0 Å². The van der Waals surface area contributed by atoms with Gasteiger partial charge in [0.15, 0.2) is 0 Å². The molecular formula is C14H20IN3. The lowest BCUT2D eigenvalue weighted by Crippen LogP contribution is -2.24. The molecule has 0 bridgehead atoms. The molecule has 0 aliphatic rings. The quantitative estimate of drug-likeness (QED) is 0.740. The van der Waals surface area contributed by atoms with Crippen LogP contribution in [0.15, 0.2) is 24.3 Å². The van der Waals surface area contributed by atoms with E-state index in [0.717, 1.165) is 36.3 Å². The average Bonchev–Trinajstić information content (AvgIpc) is 2.72. The van der Waals surface area contributed by atoms with Gasteiger partial charge in [0, 0.05) is 11.9 Å². The number of aryl methyl sites for hydroxylation is 1. The van der Waals surface area contributed by atoms with E-state index in [4.69, 9.17) is 0 Å². The fraction of sp³-hybridized carbons (Fsp3) is 0.500. The smallest absolute Gasteiger partial charge is 0.131 e. The predicted octanol–water partition coefficient (Wildman–Crippen LogP) is 3.37. The fourth-order valence-electron chi connectivity index (χ4n) is 2.24. The molecule has 0 aliphatic heterocycles. The third-order valence-corrected chi connectivity index (χ3v) is 4.15. The maximum atomic E-state index is 4.62. The first-order valence-corrected chi connectivity index (χ1v) is 7.67.